The molecular formula is C23H23Cl2F3N2O. The van der Waals surface area contributed by atoms with Crippen LogP contribution < -0.4 is 0 Å². The molecule has 0 aliphatic carbocycles. The molecule has 1 fully saturated rings. The first-order valence-electron chi connectivity index (χ1n) is 9.88. The van der Waals surface area contributed by atoms with Gasteiger partial charge in [0, 0.05) is 42.8 Å². The van der Waals surface area contributed by atoms with Gasteiger partial charge in [0.15, 0.2) is 0 Å². The molecule has 1 aliphatic heterocycles. The number of alkyl halides is 3. The Bertz CT molecular complexity index is 960. The van der Waals surface area contributed by atoms with Gasteiger partial charge in [0.1, 0.15) is 0 Å². The summed E-state index contributed by atoms with van der Waals surface area (Å²) in [6.07, 6.45) is -1.83. The van der Waals surface area contributed by atoms with Crippen molar-refractivity contribution in [1.29, 1.82) is 0 Å². The highest BCUT2D eigenvalue weighted by molar-refractivity contribution is 6.31. The summed E-state index contributed by atoms with van der Waals surface area (Å²) >= 11 is 11.6. The number of rotatable bonds is 4. The summed E-state index contributed by atoms with van der Waals surface area (Å²) in [5, 5.41) is 0.325. The molecule has 3 nitrogen and oxygen atoms in total. The van der Waals surface area contributed by atoms with Crippen molar-refractivity contribution in [3.8, 4) is 0 Å². The summed E-state index contributed by atoms with van der Waals surface area (Å²) in [5.41, 5.74) is 0.500. The average molecular weight is 471 g/mol. The molecule has 0 N–H and O–H groups in total. The van der Waals surface area contributed by atoms with E-state index in [1.54, 1.807) is 4.90 Å². The average Bonchev–Trinajstić information content (AvgIpc) is 2.70. The van der Waals surface area contributed by atoms with E-state index in [9.17, 15) is 18.0 Å². The van der Waals surface area contributed by atoms with Crippen molar-refractivity contribution in [2.24, 2.45) is 0 Å². The topological polar surface area (TPSA) is 23.6 Å². The number of nitrogens with zero attached hydrogens (tertiary/aromatic N) is 2. The molecule has 1 heterocycles. The summed E-state index contributed by atoms with van der Waals surface area (Å²) in [4.78, 5) is 16.8. The summed E-state index contributed by atoms with van der Waals surface area (Å²) < 4.78 is 39.1. The number of piperazine rings is 1. The van der Waals surface area contributed by atoms with Gasteiger partial charge in [-0.2, -0.15) is 13.2 Å². The maximum atomic E-state index is 13.0. The molecule has 2 aromatic carbocycles. The van der Waals surface area contributed by atoms with Crippen LogP contribution in [0.4, 0.5) is 13.2 Å². The van der Waals surface area contributed by atoms with Crippen molar-refractivity contribution in [3.05, 3.63) is 75.3 Å². The molecule has 0 bridgehead atoms. The predicted molar refractivity (Wildman–Crippen MR) is 118 cm³/mol. The molecule has 0 aromatic heterocycles. The first-order chi connectivity index (χ1) is 14.5. The fourth-order valence-corrected chi connectivity index (χ4v) is 4.03. The quantitative estimate of drug-likeness (QED) is 0.500. The number of hydrogen-bond donors (Lipinski definition) is 0. The summed E-state index contributed by atoms with van der Waals surface area (Å²) in [6.45, 7) is 6.01. The molecule has 0 saturated carbocycles. The van der Waals surface area contributed by atoms with E-state index in [2.05, 4.69) is 11.8 Å². The largest absolute Gasteiger partial charge is 0.417 e. The Morgan fingerprint density at radius 3 is 2.39 bits per heavy atom. The van der Waals surface area contributed by atoms with Gasteiger partial charge in [-0.15, -0.1) is 0 Å². The first kappa shape index (κ1) is 23.6. The summed E-state index contributed by atoms with van der Waals surface area (Å²) in [7, 11) is 0. The molecule has 0 spiro atoms. The molecule has 2 aromatic rings. The Kier molecular flexibility index (Phi) is 7.35. The molecule has 2 unspecified atom stereocenters. The van der Waals surface area contributed by atoms with Crippen molar-refractivity contribution in [1.82, 2.24) is 9.80 Å². The molecule has 1 saturated heterocycles. The SMILES string of the molecule is CC1CN(C(=O)C=Cc2ccc(Cl)c(C(F)(F)F)c2)C(C)CN1Cc1ccc(Cl)cc1. The lowest BCUT2D eigenvalue weighted by molar-refractivity contribution is -0.137. The van der Waals surface area contributed by atoms with E-state index in [1.165, 1.54) is 24.3 Å². The zero-order valence-corrected chi connectivity index (χ0v) is 18.7. The van der Waals surface area contributed by atoms with E-state index in [1.807, 2.05) is 31.2 Å². The first-order valence-corrected chi connectivity index (χ1v) is 10.6. The van der Waals surface area contributed by atoms with Gasteiger partial charge in [0.2, 0.25) is 5.91 Å². The van der Waals surface area contributed by atoms with Gasteiger partial charge in [0.05, 0.1) is 10.6 Å². The van der Waals surface area contributed by atoms with E-state index >= 15 is 0 Å². The van der Waals surface area contributed by atoms with Gasteiger partial charge in [-0.1, -0.05) is 41.4 Å². The number of amides is 1. The Labute approximate surface area is 190 Å². The van der Waals surface area contributed by atoms with Crippen LogP contribution in [0.25, 0.3) is 6.08 Å². The van der Waals surface area contributed by atoms with E-state index in [0.717, 1.165) is 18.2 Å². The third-order valence-corrected chi connectivity index (χ3v) is 5.99. The van der Waals surface area contributed by atoms with Crippen LogP contribution in [0.1, 0.15) is 30.5 Å². The van der Waals surface area contributed by atoms with Crippen LogP contribution in [0.5, 0.6) is 0 Å². The Morgan fingerprint density at radius 1 is 1.06 bits per heavy atom. The van der Waals surface area contributed by atoms with Crippen molar-refractivity contribution >= 4 is 35.2 Å². The molecule has 166 valence electrons. The van der Waals surface area contributed by atoms with Gasteiger partial charge in [-0.05, 0) is 55.3 Å². The van der Waals surface area contributed by atoms with Gasteiger partial charge >= 0.3 is 6.18 Å². The van der Waals surface area contributed by atoms with Gasteiger partial charge in [0.25, 0.3) is 0 Å². The molecule has 31 heavy (non-hydrogen) atoms. The highest BCUT2D eigenvalue weighted by atomic mass is 35.5. The van der Waals surface area contributed by atoms with E-state index in [-0.39, 0.29) is 28.6 Å². The fraction of sp³-hybridized carbons (Fsp3) is 0.348. The Hall–Kier alpha value is -2.02. The number of halogens is 5. The van der Waals surface area contributed by atoms with Crippen molar-refractivity contribution < 1.29 is 18.0 Å². The highest BCUT2D eigenvalue weighted by Crippen LogP contribution is 2.35. The molecule has 3 rings (SSSR count). The van der Waals surface area contributed by atoms with Gasteiger partial charge in [-0.3, -0.25) is 9.69 Å². The Balaban J connectivity index is 1.66. The van der Waals surface area contributed by atoms with Crippen LogP contribution in [-0.2, 0) is 17.5 Å². The maximum Gasteiger partial charge on any atom is 0.417 e. The van der Waals surface area contributed by atoms with Crippen LogP contribution >= 0.6 is 23.2 Å². The monoisotopic (exact) mass is 470 g/mol. The predicted octanol–water partition coefficient (Wildman–Crippen LogP) is 6.15. The lowest BCUT2D eigenvalue weighted by Gasteiger charge is -2.44. The van der Waals surface area contributed by atoms with Crippen molar-refractivity contribution in [2.45, 2.75) is 38.7 Å². The van der Waals surface area contributed by atoms with E-state index in [0.29, 0.717) is 18.1 Å². The molecular weight excluding hydrogens is 448 g/mol. The number of carbonyl (C=O) groups excluding carboxylic acids is 1. The van der Waals surface area contributed by atoms with Gasteiger partial charge in [-0.25, -0.2) is 0 Å². The molecule has 0 radical (unpaired) electrons. The highest BCUT2D eigenvalue weighted by Gasteiger charge is 2.33. The van der Waals surface area contributed by atoms with Crippen LogP contribution in [-0.4, -0.2) is 40.9 Å². The number of benzene rings is 2. The molecule has 8 heteroatoms. The minimum atomic E-state index is -4.55. The van der Waals surface area contributed by atoms with Gasteiger partial charge < -0.3 is 4.90 Å². The van der Waals surface area contributed by atoms with Crippen LogP contribution in [0, 0.1) is 0 Å². The van der Waals surface area contributed by atoms with Crippen LogP contribution in [0.2, 0.25) is 10.0 Å². The molecule has 1 aliphatic rings. The van der Waals surface area contributed by atoms with E-state index < -0.39 is 11.7 Å². The lowest BCUT2D eigenvalue weighted by atomic mass is 10.1. The second-order valence-electron chi connectivity index (χ2n) is 7.81. The van der Waals surface area contributed by atoms with Crippen LogP contribution in [0.15, 0.2) is 48.5 Å². The normalized spacial score (nSPS) is 20.4. The minimum absolute atomic E-state index is 0.0309. The van der Waals surface area contributed by atoms with Crippen LogP contribution in [0.3, 0.4) is 0 Å². The fourth-order valence-electron chi connectivity index (χ4n) is 3.68. The zero-order valence-electron chi connectivity index (χ0n) is 17.2. The minimum Gasteiger partial charge on any atom is -0.334 e. The zero-order chi connectivity index (χ0) is 22.8. The van der Waals surface area contributed by atoms with Crippen molar-refractivity contribution in [3.63, 3.8) is 0 Å². The maximum absolute atomic E-state index is 13.0. The smallest absolute Gasteiger partial charge is 0.334 e. The summed E-state index contributed by atoms with van der Waals surface area (Å²) in [6, 6.07) is 11.4. The molecule has 1 amide bonds. The third kappa shape index (κ3) is 6.03. The Morgan fingerprint density at radius 2 is 1.74 bits per heavy atom. The number of carbonyl (C=O) groups is 1. The second-order valence-corrected chi connectivity index (χ2v) is 8.66. The van der Waals surface area contributed by atoms with Crippen molar-refractivity contribution in [2.75, 3.05) is 13.1 Å². The molecule has 2 atom stereocenters. The second kappa shape index (κ2) is 9.63. The summed E-state index contributed by atoms with van der Waals surface area (Å²) in [5.74, 6) is -0.228. The standard InChI is InChI=1S/C23H23Cl2F3N2O/c1-15-13-30(16(2)12-29(15)14-18-3-7-19(24)8-4-18)22(31)10-6-17-5-9-21(25)20(11-17)23(26,27)28/h3-11,15-16H,12-14H2,1-2H3. The lowest BCUT2D eigenvalue weighted by Crippen LogP contribution is -2.57. The van der Waals surface area contributed by atoms with E-state index in [4.69, 9.17) is 23.2 Å². The third-order valence-electron chi connectivity index (χ3n) is 5.41. The number of hydrogen-bond acceptors (Lipinski definition) is 2.